The highest BCUT2D eigenvalue weighted by molar-refractivity contribution is 5.67. The van der Waals surface area contributed by atoms with E-state index in [1.165, 1.54) is 11.1 Å². The number of hydrogen-bond donors (Lipinski definition) is 3. The van der Waals surface area contributed by atoms with Gasteiger partial charge >= 0.3 is 5.97 Å². The van der Waals surface area contributed by atoms with Crippen LogP contribution in [0.15, 0.2) is 18.2 Å². The first-order valence-electron chi connectivity index (χ1n) is 9.12. The number of carboxylic acids is 1. The lowest BCUT2D eigenvalue weighted by molar-refractivity contribution is -0.139. The molecule has 4 rings (SSSR count). The first-order chi connectivity index (χ1) is 11.4. The van der Waals surface area contributed by atoms with E-state index in [4.69, 9.17) is 5.11 Å². The number of carbonyl (C=O) groups is 1. The average molecular weight is 330 g/mol. The number of phenolic OH excluding ortho intramolecular Hbond substituents is 1. The summed E-state index contributed by atoms with van der Waals surface area (Å²) >= 11 is 0. The number of aryl methyl sites for hydroxylation is 1. The Morgan fingerprint density at radius 2 is 2.12 bits per heavy atom. The Labute approximate surface area is 142 Å². The fourth-order valence-corrected chi connectivity index (χ4v) is 6.14. The fraction of sp³-hybridized carbons (Fsp3) is 0.650. The fourth-order valence-electron chi connectivity index (χ4n) is 6.14. The molecule has 0 heterocycles. The van der Waals surface area contributed by atoms with E-state index < -0.39 is 12.1 Å². The van der Waals surface area contributed by atoms with E-state index in [2.05, 4.69) is 13.0 Å². The van der Waals surface area contributed by atoms with Gasteiger partial charge in [-0.15, -0.1) is 0 Å². The van der Waals surface area contributed by atoms with E-state index >= 15 is 0 Å². The van der Waals surface area contributed by atoms with E-state index in [-0.39, 0.29) is 17.8 Å². The Morgan fingerprint density at radius 3 is 2.88 bits per heavy atom. The van der Waals surface area contributed by atoms with Crippen molar-refractivity contribution in [2.24, 2.45) is 23.2 Å². The zero-order chi connectivity index (χ0) is 17.1. The SMILES string of the molecule is C[C@]12CCC3c4ccc(O)cc4CCC3C1CC(CC(=O)O)C2O. The molecule has 130 valence electrons. The van der Waals surface area contributed by atoms with Crippen molar-refractivity contribution < 1.29 is 20.1 Å². The Bertz CT molecular complexity index is 670. The van der Waals surface area contributed by atoms with Gasteiger partial charge in [-0.2, -0.15) is 0 Å². The van der Waals surface area contributed by atoms with Crippen molar-refractivity contribution in [3.8, 4) is 5.75 Å². The van der Waals surface area contributed by atoms with Crippen LogP contribution in [0.3, 0.4) is 0 Å². The molecule has 3 aliphatic carbocycles. The highest BCUT2D eigenvalue weighted by Crippen LogP contribution is 2.62. The molecule has 0 bridgehead atoms. The van der Waals surface area contributed by atoms with Crippen LogP contribution in [0.5, 0.6) is 5.75 Å². The summed E-state index contributed by atoms with van der Waals surface area (Å²) in [6.45, 7) is 2.17. The summed E-state index contributed by atoms with van der Waals surface area (Å²) in [5, 5.41) is 29.7. The van der Waals surface area contributed by atoms with E-state index in [1.807, 2.05) is 6.07 Å². The lowest BCUT2D eigenvalue weighted by Crippen LogP contribution is -2.44. The summed E-state index contributed by atoms with van der Waals surface area (Å²) in [4.78, 5) is 11.2. The maximum absolute atomic E-state index is 11.2. The highest BCUT2D eigenvalue weighted by atomic mass is 16.4. The Hall–Kier alpha value is -1.55. The summed E-state index contributed by atoms with van der Waals surface area (Å²) in [5.74, 6) is 0.834. The van der Waals surface area contributed by atoms with Gasteiger partial charge in [-0.1, -0.05) is 13.0 Å². The van der Waals surface area contributed by atoms with E-state index in [9.17, 15) is 15.0 Å². The number of carboxylic acid groups (broad SMARTS) is 1. The van der Waals surface area contributed by atoms with Crippen molar-refractivity contribution >= 4 is 5.97 Å². The monoisotopic (exact) mass is 330 g/mol. The maximum atomic E-state index is 11.2. The molecular formula is C20H26O4. The third-order valence-electron chi connectivity index (χ3n) is 7.26. The van der Waals surface area contributed by atoms with Gasteiger partial charge < -0.3 is 15.3 Å². The topological polar surface area (TPSA) is 77.8 Å². The molecule has 0 aromatic heterocycles. The predicted molar refractivity (Wildman–Crippen MR) is 89.9 cm³/mol. The molecular weight excluding hydrogens is 304 g/mol. The van der Waals surface area contributed by atoms with Crippen LogP contribution in [0.4, 0.5) is 0 Å². The van der Waals surface area contributed by atoms with Crippen LogP contribution >= 0.6 is 0 Å². The molecule has 24 heavy (non-hydrogen) atoms. The normalized spacial score (nSPS) is 40.5. The van der Waals surface area contributed by atoms with Crippen molar-refractivity contribution in [2.75, 3.05) is 0 Å². The quantitative estimate of drug-likeness (QED) is 0.777. The van der Waals surface area contributed by atoms with Gasteiger partial charge in [0, 0.05) is 0 Å². The molecule has 3 aliphatic rings. The molecule has 6 atom stereocenters. The first kappa shape index (κ1) is 15.9. The molecule has 4 heteroatoms. The minimum absolute atomic E-state index is 0.0785. The van der Waals surface area contributed by atoms with Gasteiger partial charge in [-0.25, -0.2) is 0 Å². The molecule has 0 saturated heterocycles. The highest BCUT2D eigenvalue weighted by Gasteiger charge is 2.58. The second-order valence-electron chi connectivity index (χ2n) is 8.38. The number of fused-ring (bicyclic) bond motifs is 5. The molecule has 0 spiro atoms. The standard InChI is InChI=1S/C20H26O4/c1-20-7-6-15-14-5-3-13(21)8-11(14)2-4-16(15)17(20)9-12(19(20)24)10-18(22)23/h3,5,8,12,15-17,19,21,24H,2,4,6-7,9-10H2,1H3,(H,22,23)/t12?,15?,16?,17?,19?,20-/m0/s1. The van der Waals surface area contributed by atoms with Gasteiger partial charge in [0.15, 0.2) is 0 Å². The summed E-state index contributed by atoms with van der Waals surface area (Å²) in [6, 6.07) is 5.76. The average Bonchev–Trinajstić information content (AvgIpc) is 2.78. The van der Waals surface area contributed by atoms with Gasteiger partial charge in [-0.05, 0) is 84.5 Å². The molecule has 0 amide bonds. The van der Waals surface area contributed by atoms with Gasteiger partial charge in [0.2, 0.25) is 0 Å². The first-order valence-corrected chi connectivity index (χ1v) is 9.12. The third-order valence-corrected chi connectivity index (χ3v) is 7.26. The second-order valence-corrected chi connectivity index (χ2v) is 8.38. The lowest BCUT2D eigenvalue weighted by Gasteiger charge is -2.50. The summed E-state index contributed by atoms with van der Waals surface area (Å²) < 4.78 is 0. The van der Waals surface area contributed by atoms with Crippen molar-refractivity contribution in [2.45, 2.75) is 57.5 Å². The van der Waals surface area contributed by atoms with Crippen molar-refractivity contribution in [3.63, 3.8) is 0 Å². The molecule has 2 fully saturated rings. The van der Waals surface area contributed by atoms with Crippen molar-refractivity contribution in [1.82, 2.24) is 0 Å². The minimum atomic E-state index is -0.803. The van der Waals surface area contributed by atoms with Crippen LogP contribution < -0.4 is 0 Å². The zero-order valence-electron chi connectivity index (χ0n) is 14.1. The van der Waals surface area contributed by atoms with Crippen LogP contribution in [-0.4, -0.2) is 27.4 Å². The molecule has 3 N–H and O–H groups in total. The van der Waals surface area contributed by atoms with Crippen LogP contribution in [0, 0.1) is 23.2 Å². The number of benzene rings is 1. The van der Waals surface area contributed by atoms with Crippen LogP contribution in [0.1, 0.15) is 56.1 Å². The van der Waals surface area contributed by atoms with Crippen molar-refractivity contribution in [3.05, 3.63) is 29.3 Å². The smallest absolute Gasteiger partial charge is 0.303 e. The third kappa shape index (κ3) is 2.26. The number of aliphatic carboxylic acids is 1. The number of rotatable bonds is 2. The van der Waals surface area contributed by atoms with Crippen LogP contribution in [0.2, 0.25) is 0 Å². The largest absolute Gasteiger partial charge is 0.508 e. The Morgan fingerprint density at radius 1 is 1.33 bits per heavy atom. The Kier molecular flexibility index (Phi) is 3.64. The molecule has 5 unspecified atom stereocenters. The van der Waals surface area contributed by atoms with Gasteiger partial charge in [-0.3, -0.25) is 4.79 Å². The summed E-state index contributed by atoms with van der Waals surface area (Å²) in [5.41, 5.74) is 2.48. The number of hydrogen-bond acceptors (Lipinski definition) is 3. The van der Waals surface area contributed by atoms with Crippen LogP contribution in [0.25, 0.3) is 0 Å². The molecule has 0 radical (unpaired) electrons. The second kappa shape index (κ2) is 5.48. The van der Waals surface area contributed by atoms with Gasteiger partial charge in [0.05, 0.1) is 12.5 Å². The summed E-state index contributed by atoms with van der Waals surface area (Å²) in [6.07, 6.45) is 4.46. The Balaban J connectivity index is 1.65. The molecule has 0 aliphatic heterocycles. The maximum Gasteiger partial charge on any atom is 0.303 e. The molecule has 1 aromatic carbocycles. The van der Waals surface area contributed by atoms with Gasteiger partial charge in [0.25, 0.3) is 0 Å². The number of aliphatic hydroxyl groups excluding tert-OH is 1. The minimum Gasteiger partial charge on any atom is -0.508 e. The van der Waals surface area contributed by atoms with Crippen molar-refractivity contribution in [1.29, 1.82) is 0 Å². The summed E-state index contributed by atoms with van der Waals surface area (Å²) in [7, 11) is 0. The molecule has 4 nitrogen and oxygen atoms in total. The van der Waals surface area contributed by atoms with Gasteiger partial charge in [0.1, 0.15) is 5.75 Å². The molecule has 2 saturated carbocycles. The molecule has 1 aromatic rings. The lowest BCUT2D eigenvalue weighted by atomic mass is 9.55. The number of aromatic hydroxyl groups is 1. The zero-order valence-corrected chi connectivity index (χ0v) is 14.1. The number of phenols is 1. The predicted octanol–water partition coefficient (Wildman–Crippen LogP) is 3.31. The number of aliphatic hydroxyl groups is 1. The van der Waals surface area contributed by atoms with E-state index in [0.717, 1.165) is 32.1 Å². The van der Waals surface area contributed by atoms with Crippen LogP contribution in [-0.2, 0) is 11.2 Å². The van der Waals surface area contributed by atoms with E-state index in [0.29, 0.717) is 23.5 Å². The van der Waals surface area contributed by atoms with E-state index in [1.54, 1.807) is 6.07 Å².